The standard InChI is InChI=1S/C23H28O2/c1-7-22(18(6)25)17(5)10-19-9-16(4)21(13-24)12-20-8-14(2)15(3)11-23(19)20/h7-8,10-11,21,24-25H,4-6,9,12-13H2,1-3H3/b19-10+,22-7+. The largest absolute Gasteiger partial charge is 0.508 e. The SMILES string of the molecule is C=C(O)/C(=C/C)C(=C)/C=C1\CC(=C)C(CO)Cc2cc(C)c(C)cc21. The third kappa shape index (κ3) is 4.02. The van der Waals surface area contributed by atoms with E-state index >= 15 is 0 Å². The molecule has 0 fully saturated rings. The van der Waals surface area contributed by atoms with Crippen molar-refractivity contribution < 1.29 is 10.2 Å². The Morgan fingerprint density at radius 2 is 1.88 bits per heavy atom. The van der Waals surface area contributed by atoms with Gasteiger partial charge in [0.05, 0.1) is 0 Å². The van der Waals surface area contributed by atoms with E-state index in [0.717, 1.165) is 23.1 Å². The van der Waals surface area contributed by atoms with Gasteiger partial charge in [-0.05, 0) is 67.0 Å². The molecule has 0 aromatic heterocycles. The van der Waals surface area contributed by atoms with Crippen LogP contribution in [0.2, 0.25) is 0 Å². The molecule has 2 heteroatoms. The van der Waals surface area contributed by atoms with Crippen LogP contribution in [0.1, 0.15) is 35.6 Å². The summed E-state index contributed by atoms with van der Waals surface area (Å²) in [5, 5.41) is 19.5. The first kappa shape index (κ1) is 19.0. The van der Waals surface area contributed by atoms with Crippen LogP contribution in [0.5, 0.6) is 0 Å². The maximum atomic E-state index is 9.77. The average Bonchev–Trinajstić information content (AvgIpc) is 2.66. The van der Waals surface area contributed by atoms with Gasteiger partial charge in [-0.1, -0.05) is 49.6 Å². The number of allylic oxidation sites excluding steroid dienone is 4. The van der Waals surface area contributed by atoms with Gasteiger partial charge in [-0.3, -0.25) is 0 Å². The number of aliphatic hydroxyl groups excluding tert-OH is 2. The fraction of sp³-hybridized carbons (Fsp3) is 0.304. The van der Waals surface area contributed by atoms with Crippen LogP contribution in [0, 0.1) is 19.8 Å². The van der Waals surface area contributed by atoms with Crippen molar-refractivity contribution in [3.05, 3.63) is 88.8 Å². The van der Waals surface area contributed by atoms with Crippen LogP contribution in [0.3, 0.4) is 0 Å². The van der Waals surface area contributed by atoms with Crippen molar-refractivity contribution in [1.29, 1.82) is 0 Å². The summed E-state index contributed by atoms with van der Waals surface area (Å²) < 4.78 is 0. The highest BCUT2D eigenvalue weighted by Crippen LogP contribution is 2.37. The maximum Gasteiger partial charge on any atom is 0.115 e. The smallest absolute Gasteiger partial charge is 0.115 e. The van der Waals surface area contributed by atoms with Crippen molar-refractivity contribution in [3.8, 4) is 0 Å². The van der Waals surface area contributed by atoms with Crippen LogP contribution in [0.25, 0.3) is 5.57 Å². The summed E-state index contributed by atoms with van der Waals surface area (Å²) in [5.74, 6) is 0.0827. The second-order valence-corrected chi connectivity index (χ2v) is 6.86. The van der Waals surface area contributed by atoms with Gasteiger partial charge in [0.1, 0.15) is 5.76 Å². The molecule has 1 aromatic carbocycles. The summed E-state index contributed by atoms with van der Waals surface area (Å²) in [6.45, 7) is 18.1. The van der Waals surface area contributed by atoms with E-state index in [1.807, 2.05) is 19.1 Å². The van der Waals surface area contributed by atoms with Crippen LogP contribution < -0.4 is 0 Å². The van der Waals surface area contributed by atoms with E-state index in [-0.39, 0.29) is 18.3 Å². The lowest BCUT2D eigenvalue weighted by molar-refractivity contribution is 0.245. The predicted octanol–water partition coefficient (Wildman–Crippen LogP) is 5.37. The van der Waals surface area contributed by atoms with Gasteiger partial charge < -0.3 is 10.2 Å². The molecule has 1 aromatic rings. The molecule has 2 nitrogen and oxygen atoms in total. The van der Waals surface area contributed by atoms with Crippen molar-refractivity contribution in [2.75, 3.05) is 6.61 Å². The van der Waals surface area contributed by atoms with Crippen molar-refractivity contribution in [1.82, 2.24) is 0 Å². The highest BCUT2D eigenvalue weighted by atomic mass is 16.3. The molecule has 132 valence electrons. The zero-order chi connectivity index (χ0) is 18.7. The fourth-order valence-corrected chi connectivity index (χ4v) is 3.39. The Bertz CT molecular complexity index is 791. The van der Waals surface area contributed by atoms with Crippen LogP contribution in [0.4, 0.5) is 0 Å². The van der Waals surface area contributed by atoms with Gasteiger partial charge in [0.2, 0.25) is 0 Å². The predicted molar refractivity (Wildman–Crippen MR) is 107 cm³/mol. The lowest BCUT2D eigenvalue weighted by atomic mass is 9.91. The molecule has 0 amide bonds. The lowest BCUT2D eigenvalue weighted by Gasteiger charge is -2.14. The summed E-state index contributed by atoms with van der Waals surface area (Å²) in [6, 6.07) is 4.42. The number of hydrogen-bond donors (Lipinski definition) is 2. The Morgan fingerprint density at radius 1 is 1.24 bits per heavy atom. The van der Waals surface area contributed by atoms with Gasteiger partial charge in [-0.2, -0.15) is 0 Å². The summed E-state index contributed by atoms with van der Waals surface area (Å²) in [6.07, 6.45) is 5.30. The van der Waals surface area contributed by atoms with E-state index in [1.165, 1.54) is 22.3 Å². The molecule has 1 unspecified atom stereocenters. The highest BCUT2D eigenvalue weighted by Gasteiger charge is 2.23. The van der Waals surface area contributed by atoms with E-state index < -0.39 is 0 Å². The van der Waals surface area contributed by atoms with Crippen LogP contribution in [-0.4, -0.2) is 16.8 Å². The second kappa shape index (κ2) is 7.71. The van der Waals surface area contributed by atoms with E-state index in [2.05, 4.69) is 45.7 Å². The molecule has 0 aliphatic heterocycles. The minimum absolute atomic E-state index is 0.0188. The summed E-state index contributed by atoms with van der Waals surface area (Å²) >= 11 is 0. The topological polar surface area (TPSA) is 40.5 Å². The molecule has 0 saturated heterocycles. The van der Waals surface area contributed by atoms with Crippen LogP contribution in [-0.2, 0) is 6.42 Å². The lowest BCUT2D eigenvalue weighted by Crippen LogP contribution is -2.10. The maximum absolute atomic E-state index is 9.77. The minimum atomic E-state index is 0.0188. The first-order valence-corrected chi connectivity index (χ1v) is 8.61. The van der Waals surface area contributed by atoms with Gasteiger partial charge in [-0.15, -0.1) is 0 Å². The molecule has 0 spiro atoms. The monoisotopic (exact) mass is 336 g/mol. The van der Waals surface area contributed by atoms with Gasteiger partial charge in [0.15, 0.2) is 0 Å². The van der Waals surface area contributed by atoms with Gasteiger partial charge in [-0.25, -0.2) is 0 Å². The van der Waals surface area contributed by atoms with E-state index in [4.69, 9.17) is 0 Å². The molecule has 2 N–H and O–H groups in total. The fourth-order valence-electron chi connectivity index (χ4n) is 3.39. The summed E-state index contributed by atoms with van der Waals surface area (Å²) in [5.41, 5.74) is 8.41. The van der Waals surface area contributed by atoms with E-state index in [9.17, 15) is 10.2 Å². The van der Waals surface area contributed by atoms with E-state index in [1.54, 1.807) is 0 Å². The van der Waals surface area contributed by atoms with Gasteiger partial charge in [0, 0.05) is 18.1 Å². The molecule has 0 heterocycles. The Kier molecular flexibility index (Phi) is 5.86. The summed E-state index contributed by atoms with van der Waals surface area (Å²) in [4.78, 5) is 0. The molecule has 25 heavy (non-hydrogen) atoms. The number of aryl methyl sites for hydroxylation is 2. The zero-order valence-corrected chi connectivity index (χ0v) is 15.5. The Labute approximate surface area is 151 Å². The van der Waals surface area contributed by atoms with Crippen molar-refractivity contribution in [3.63, 3.8) is 0 Å². The molecule has 0 saturated carbocycles. The minimum Gasteiger partial charge on any atom is -0.508 e. The van der Waals surface area contributed by atoms with Crippen LogP contribution >= 0.6 is 0 Å². The quantitative estimate of drug-likeness (QED) is 0.336. The average molecular weight is 336 g/mol. The number of rotatable bonds is 4. The molecule has 2 rings (SSSR count). The van der Waals surface area contributed by atoms with Crippen molar-refractivity contribution in [2.45, 2.75) is 33.6 Å². The number of aliphatic hydroxyl groups is 2. The van der Waals surface area contributed by atoms with Gasteiger partial charge in [0.25, 0.3) is 0 Å². The first-order valence-electron chi connectivity index (χ1n) is 8.61. The van der Waals surface area contributed by atoms with Crippen molar-refractivity contribution in [2.24, 2.45) is 5.92 Å². The second-order valence-electron chi connectivity index (χ2n) is 6.86. The zero-order valence-electron chi connectivity index (χ0n) is 15.5. The number of hydrogen-bond acceptors (Lipinski definition) is 2. The molecule has 0 bridgehead atoms. The Morgan fingerprint density at radius 3 is 2.44 bits per heavy atom. The molecular weight excluding hydrogens is 308 g/mol. The normalized spacial score (nSPS) is 19.5. The summed E-state index contributed by atoms with van der Waals surface area (Å²) in [7, 11) is 0. The van der Waals surface area contributed by atoms with E-state index in [0.29, 0.717) is 12.0 Å². The number of benzene rings is 1. The molecule has 1 aliphatic rings. The van der Waals surface area contributed by atoms with Crippen LogP contribution in [0.15, 0.2) is 66.5 Å². The molecule has 1 atom stereocenters. The Balaban J connectivity index is 2.60. The third-order valence-corrected chi connectivity index (χ3v) is 5.04. The third-order valence-electron chi connectivity index (χ3n) is 5.04. The van der Waals surface area contributed by atoms with Gasteiger partial charge >= 0.3 is 0 Å². The molecule has 0 radical (unpaired) electrons. The molecular formula is C23H28O2. The van der Waals surface area contributed by atoms with Crippen molar-refractivity contribution >= 4 is 5.57 Å². The first-order chi connectivity index (χ1) is 11.8. The highest BCUT2D eigenvalue weighted by molar-refractivity contribution is 5.76. The number of fused-ring (bicyclic) bond motifs is 1. The Hall–Kier alpha value is -2.32. The molecule has 1 aliphatic carbocycles.